The van der Waals surface area contributed by atoms with Gasteiger partial charge in [-0.2, -0.15) is 0 Å². The minimum atomic E-state index is -0.170. The molecule has 26 heavy (non-hydrogen) atoms. The van der Waals surface area contributed by atoms with Crippen LogP contribution in [0.3, 0.4) is 0 Å². The van der Waals surface area contributed by atoms with E-state index in [1.165, 1.54) is 12.8 Å². The zero-order valence-corrected chi connectivity index (χ0v) is 14.9. The fourth-order valence-corrected chi connectivity index (χ4v) is 3.95. The number of benzene rings is 1. The lowest BCUT2D eigenvalue weighted by Gasteiger charge is -2.49. The Morgan fingerprint density at radius 3 is 2.31 bits per heavy atom. The van der Waals surface area contributed by atoms with Gasteiger partial charge in [-0.05, 0) is 43.2 Å². The van der Waals surface area contributed by atoms with Gasteiger partial charge in [-0.25, -0.2) is 14.4 Å². The fraction of sp³-hybridized carbons (Fsp3) is 0.500. The second-order valence-electron chi connectivity index (χ2n) is 7.61. The van der Waals surface area contributed by atoms with Gasteiger partial charge in [-0.3, -0.25) is 4.90 Å². The van der Waals surface area contributed by atoms with E-state index >= 15 is 0 Å². The zero-order chi connectivity index (χ0) is 17.5. The molecule has 2 saturated heterocycles. The predicted molar refractivity (Wildman–Crippen MR) is 100 cm³/mol. The van der Waals surface area contributed by atoms with Crippen LogP contribution in [-0.4, -0.2) is 60.2 Å². The number of anilines is 2. The van der Waals surface area contributed by atoms with Gasteiger partial charge >= 0.3 is 0 Å². The van der Waals surface area contributed by atoms with Crippen molar-refractivity contribution in [3.8, 4) is 0 Å². The largest absolute Gasteiger partial charge is 0.369 e. The molecule has 5 rings (SSSR count). The third kappa shape index (κ3) is 3.14. The molecule has 1 aromatic carbocycles. The van der Waals surface area contributed by atoms with Crippen LogP contribution in [0, 0.1) is 5.82 Å². The first-order valence-corrected chi connectivity index (χ1v) is 9.59. The molecule has 0 N–H and O–H groups in total. The monoisotopic (exact) mass is 353 g/mol. The van der Waals surface area contributed by atoms with Crippen molar-refractivity contribution in [2.24, 2.45) is 0 Å². The van der Waals surface area contributed by atoms with Crippen LogP contribution in [0.25, 0.3) is 0 Å². The van der Waals surface area contributed by atoms with Crippen molar-refractivity contribution in [1.29, 1.82) is 0 Å². The summed E-state index contributed by atoms with van der Waals surface area (Å²) in [5.41, 5.74) is 1.12. The Hall–Kier alpha value is -2.21. The van der Waals surface area contributed by atoms with Crippen molar-refractivity contribution in [2.45, 2.75) is 24.8 Å². The lowest BCUT2D eigenvalue weighted by molar-refractivity contribution is 0.156. The SMILES string of the molecule is Fc1ccc(N2CCN(C3CN(c4ccnc(C5CC5)n4)C3)CC2)cc1. The highest BCUT2D eigenvalue weighted by Gasteiger charge is 2.35. The number of nitrogens with zero attached hydrogens (tertiary/aromatic N) is 5. The first-order chi connectivity index (χ1) is 12.8. The molecule has 3 aliphatic rings. The van der Waals surface area contributed by atoms with E-state index in [1.54, 1.807) is 12.1 Å². The van der Waals surface area contributed by atoms with E-state index in [0.29, 0.717) is 12.0 Å². The topological polar surface area (TPSA) is 35.5 Å². The highest BCUT2D eigenvalue weighted by molar-refractivity contribution is 5.47. The van der Waals surface area contributed by atoms with Crippen molar-refractivity contribution in [1.82, 2.24) is 14.9 Å². The molecule has 5 nitrogen and oxygen atoms in total. The summed E-state index contributed by atoms with van der Waals surface area (Å²) in [6.07, 6.45) is 4.39. The molecule has 0 atom stereocenters. The molecule has 0 spiro atoms. The highest BCUT2D eigenvalue weighted by Crippen LogP contribution is 2.38. The lowest BCUT2D eigenvalue weighted by atomic mass is 10.1. The summed E-state index contributed by atoms with van der Waals surface area (Å²) in [6, 6.07) is 9.50. The van der Waals surface area contributed by atoms with Gasteiger partial charge in [0, 0.05) is 63.1 Å². The third-order valence-corrected chi connectivity index (χ3v) is 5.81. The summed E-state index contributed by atoms with van der Waals surface area (Å²) in [6.45, 7) is 6.23. The van der Waals surface area contributed by atoms with Crippen LogP contribution in [0.15, 0.2) is 36.5 Å². The van der Waals surface area contributed by atoms with E-state index in [-0.39, 0.29) is 5.82 Å². The minimum Gasteiger partial charge on any atom is -0.369 e. The Labute approximate surface area is 153 Å². The molecule has 0 radical (unpaired) electrons. The van der Waals surface area contributed by atoms with E-state index in [9.17, 15) is 4.39 Å². The summed E-state index contributed by atoms with van der Waals surface area (Å²) in [7, 11) is 0. The average Bonchev–Trinajstić information content (AvgIpc) is 3.47. The first-order valence-electron chi connectivity index (χ1n) is 9.59. The van der Waals surface area contributed by atoms with Gasteiger partial charge in [0.2, 0.25) is 0 Å². The Morgan fingerprint density at radius 2 is 1.62 bits per heavy atom. The van der Waals surface area contributed by atoms with Gasteiger partial charge in [-0.1, -0.05) is 0 Å². The Balaban J connectivity index is 1.14. The van der Waals surface area contributed by atoms with E-state index < -0.39 is 0 Å². The van der Waals surface area contributed by atoms with Gasteiger partial charge < -0.3 is 9.80 Å². The van der Waals surface area contributed by atoms with E-state index in [4.69, 9.17) is 4.98 Å². The molecule has 3 fully saturated rings. The molecule has 2 aliphatic heterocycles. The van der Waals surface area contributed by atoms with Gasteiger partial charge in [0.1, 0.15) is 17.5 Å². The molecule has 1 saturated carbocycles. The maximum atomic E-state index is 13.1. The van der Waals surface area contributed by atoms with Crippen LogP contribution < -0.4 is 9.80 Å². The molecule has 0 unspecified atom stereocenters. The molecule has 1 aliphatic carbocycles. The van der Waals surface area contributed by atoms with E-state index in [0.717, 1.165) is 56.6 Å². The van der Waals surface area contributed by atoms with Crippen LogP contribution in [0.4, 0.5) is 15.9 Å². The number of halogens is 1. The molecule has 0 bridgehead atoms. The van der Waals surface area contributed by atoms with Crippen LogP contribution in [0.1, 0.15) is 24.6 Å². The normalized spacial score (nSPS) is 21.7. The van der Waals surface area contributed by atoms with Gasteiger partial charge in [-0.15, -0.1) is 0 Å². The number of hydrogen-bond donors (Lipinski definition) is 0. The van der Waals surface area contributed by atoms with Gasteiger partial charge in [0.15, 0.2) is 0 Å². The summed E-state index contributed by atoms with van der Waals surface area (Å²) < 4.78 is 13.1. The van der Waals surface area contributed by atoms with Crippen molar-refractivity contribution >= 4 is 11.5 Å². The average molecular weight is 353 g/mol. The smallest absolute Gasteiger partial charge is 0.133 e. The first kappa shape index (κ1) is 16.0. The van der Waals surface area contributed by atoms with E-state index in [2.05, 4.69) is 19.7 Å². The molecule has 136 valence electrons. The lowest BCUT2D eigenvalue weighted by Crippen LogP contribution is -2.63. The zero-order valence-electron chi connectivity index (χ0n) is 14.9. The van der Waals surface area contributed by atoms with Crippen molar-refractivity contribution < 1.29 is 4.39 Å². The molecule has 3 heterocycles. The molecule has 1 aromatic heterocycles. The van der Waals surface area contributed by atoms with Crippen LogP contribution >= 0.6 is 0 Å². The summed E-state index contributed by atoms with van der Waals surface area (Å²) in [4.78, 5) is 16.5. The van der Waals surface area contributed by atoms with Crippen LogP contribution in [-0.2, 0) is 0 Å². The molecule has 2 aromatic rings. The van der Waals surface area contributed by atoms with Crippen molar-refractivity contribution in [3.63, 3.8) is 0 Å². The predicted octanol–water partition coefficient (Wildman–Crippen LogP) is 2.50. The Bertz CT molecular complexity index is 762. The van der Waals surface area contributed by atoms with E-state index in [1.807, 2.05) is 24.4 Å². The molecular weight excluding hydrogens is 329 g/mol. The summed E-state index contributed by atoms with van der Waals surface area (Å²) >= 11 is 0. The fourth-order valence-electron chi connectivity index (χ4n) is 3.95. The Kier molecular flexibility index (Phi) is 4.00. The molecule has 6 heteroatoms. The molecular formula is C20H24FN5. The highest BCUT2D eigenvalue weighted by atomic mass is 19.1. The van der Waals surface area contributed by atoms with Crippen LogP contribution in [0.5, 0.6) is 0 Å². The van der Waals surface area contributed by atoms with Crippen molar-refractivity contribution in [2.75, 3.05) is 49.1 Å². The van der Waals surface area contributed by atoms with Gasteiger partial charge in [0.25, 0.3) is 0 Å². The Morgan fingerprint density at radius 1 is 0.885 bits per heavy atom. The second kappa shape index (κ2) is 6.50. The maximum absolute atomic E-state index is 13.1. The van der Waals surface area contributed by atoms with Crippen molar-refractivity contribution in [3.05, 3.63) is 48.2 Å². The maximum Gasteiger partial charge on any atom is 0.133 e. The number of piperazine rings is 1. The quantitative estimate of drug-likeness (QED) is 0.844. The number of rotatable bonds is 4. The number of hydrogen-bond acceptors (Lipinski definition) is 5. The van der Waals surface area contributed by atoms with Crippen LogP contribution in [0.2, 0.25) is 0 Å². The number of aromatic nitrogens is 2. The third-order valence-electron chi connectivity index (χ3n) is 5.81. The standard InChI is InChI=1S/C20H24FN5/c21-16-3-5-17(6-4-16)24-9-11-25(12-10-24)18-13-26(14-18)19-7-8-22-20(23-19)15-1-2-15/h3-8,15,18H,1-2,9-14H2. The summed E-state index contributed by atoms with van der Waals surface area (Å²) in [5, 5.41) is 0. The minimum absolute atomic E-state index is 0.170. The second-order valence-corrected chi connectivity index (χ2v) is 7.61. The summed E-state index contributed by atoms with van der Waals surface area (Å²) in [5.74, 6) is 2.55. The van der Waals surface area contributed by atoms with Gasteiger partial charge in [0.05, 0.1) is 0 Å². The molecule has 0 amide bonds.